The van der Waals surface area contributed by atoms with Crippen LogP contribution in [0.15, 0.2) is 24.4 Å². The van der Waals surface area contributed by atoms with Crippen molar-refractivity contribution in [1.29, 1.82) is 0 Å². The van der Waals surface area contributed by atoms with Gasteiger partial charge in [0.05, 0.1) is 13.7 Å². The first kappa shape index (κ1) is 14.2. The zero-order valence-electron chi connectivity index (χ0n) is 11.2. The fraction of sp³-hybridized carbons (Fsp3) is 0.357. The third-order valence-corrected chi connectivity index (χ3v) is 3.80. The molecule has 2 rings (SSSR count). The number of hydrogen-bond donors (Lipinski definition) is 1. The highest BCUT2D eigenvalue weighted by atomic mass is 35.5. The molecule has 0 saturated heterocycles. The van der Waals surface area contributed by atoms with Crippen molar-refractivity contribution < 1.29 is 4.74 Å². The van der Waals surface area contributed by atoms with Gasteiger partial charge in [0.15, 0.2) is 4.77 Å². The van der Waals surface area contributed by atoms with E-state index in [0.29, 0.717) is 22.3 Å². The SMILES string of the molecule is COc1cccc(Cl)c1Cn1c(C(C)C)c[nH]c1=S. The molecule has 0 saturated carbocycles. The summed E-state index contributed by atoms with van der Waals surface area (Å²) < 4.78 is 8.13. The molecule has 0 aliphatic rings. The second-order valence-electron chi connectivity index (χ2n) is 4.68. The number of aromatic nitrogens is 2. The first-order valence-electron chi connectivity index (χ1n) is 6.14. The Bertz CT molecular complexity index is 631. The van der Waals surface area contributed by atoms with Gasteiger partial charge in [-0.2, -0.15) is 0 Å². The fourth-order valence-electron chi connectivity index (χ4n) is 2.09. The summed E-state index contributed by atoms with van der Waals surface area (Å²) in [5.41, 5.74) is 2.11. The first-order valence-corrected chi connectivity index (χ1v) is 6.92. The van der Waals surface area contributed by atoms with Crippen LogP contribution in [0, 0.1) is 4.77 Å². The standard InChI is InChI=1S/C14H17ClN2OS/c1-9(2)12-7-16-14(19)17(12)8-10-11(15)5-4-6-13(10)18-3/h4-7,9H,8H2,1-3H3,(H,16,19). The van der Waals surface area contributed by atoms with E-state index in [1.165, 1.54) is 0 Å². The van der Waals surface area contributed by atoms with Crippen LogP contribution in [-0.2, 0) is 6.54 Å². The molecule has 0 bridgehead atoms. The largest absolute Gasteiger partial charge is 0.496 e. The summed E-state index contributed by atoms with van der Waals surface area (Å²) >= 11 is 11.6. The number of nitrogens with one attached hydrogen (secondary N) is 1. The molecule has 0 unspecified atom stereocenters. The molecule has 3 nitrogen and oxygen atoms in total. The highest BCUT2D eigenvalue weighted by Crippen LogP contribution is 2.28. The zero-order valence-corrected chi connectivity index (χ0v) is 12.8. The number of ether oxygens (including phenoxy) is 1. The van der Waals surface area contributed by atoms with Crippen LogP contribution in [0.5, 0.6) is 5.75 Å². The van der Waals surface area contributed by atoms with Gasteiger partial charge >= 0.3 is 0 Å². The molecule has 0 spiro atoms. The van der Waals surface area contributed by atoms with Gasteiger partial charge in [-0.1, -0.05) is 31.5 Å². The summed E-state index contributed by atoms with van der Waals surface area (Å²) in [7, 11) is 1.65. The second kappa shape index (κ2) is 5.80. The lowest BCUT2D eigenvalue weighted by Crippen LogP contribution is -2.07. The third kappa shape index (κ3) is 2.85. The summed E-state index contributed by atoms with van der Waals surface area (Å²) in [5, 5.41) is 0.692. The molecule has 19 heavy (non-hydrogen) atoms. The molecule has 1 aromatic carbocycles. The lowest BCUT2D eigenvalue weighted by atomic mass is 10.1. The monoisotopic (exact) mass is 296 g/mol. The molecule has 0 radical (unpaired) electrons. The van der Waals surface area contributed by atoms with Crippen molar-refractivity contribution in [2.75, 3.05) is 7.11 Å². The predicted octanol–water partition coefficient (Wildman–Crippen LogP) is 4.38. The number of H-pyrrole nitrogens is 1. The van der Waals surface area contributed by atoms with Gasteiger partial charge < -0.3 is 14.3 Å². The van der Waals surface area contributed by atoms with E-state index in [-0.39, 0.29) is 0 Å². The van der Waals surface area contributed by atoms with Crippen molar-refractivity contribution in [3.8, 4) is 5.75 Å². The molecule has 1 heterocycles. The van der Waals surface area contributed by atoms with E-state index >= 15 is 0 Å². The van der Waals surface area contributed by atoms with E-state index in [0.717, 1.165) is 17.0 Å². The third-order valence-electron chi connectivity index (χ3n) is 3.10. The maximum absolute atomic E-state index is 6.27. The van der Waals surface area contributed by atoms with Crippen LogP contribution in [0.2, 0.25) is 5.02 Å². The van der Waals surface area contributed by atoms with E-state index < -0.39 is 0 Å². The predicted molar refractivity (Wildman–Crippen MR) is 80.8 cm³/mol. The molecule has 2 aromatic rings. The number of imidazole rings is 1. The quantitative estimate of drug-likeness (QED) is 0.849. The summed E-state index contributed by atoms with van der Waals surface area (Å²) in [5.74, 6) is 1.17. The summed E-state index contributed by atoms with van der Waals surface area (Å²) in [6, 6.07) is 5.65. The molecule has 0 atom stereocenters. The highest BCUT2D eigenvalue weighted by molar-refractivity contribution is 7.71. The first-order chi connectivity index (χ1) is 9.04. The van der Waals surface area contributed by atoms with Crippen LogP contribution in [-0.4, -0.2) is 16.7 Å². The van der Waals surface area contributed by atoms with Crippen molar-refractivity contribution in [2.45, 2.75) is 26.3 Å². The van der Waals surface area contributed by atoms with E-state index in [1.807, 2.05) is 24.4 Å². The van der Waals surface area contributed by atoms with Crippen LogP contribution < -0.4 is 4.74 Å². The van der Waals surface area contributed by atoms with Gasteiger partial charge in [-0.25, -0.2) is 0 Å². The van der Waals surface area contributed by atoms with E-state index in [1.54, 1.807) is 7.11 Å². The van der Waals surface area contributed by atoms with Gasteiger partial charge in [-0.15, -0.1) is 0 Å². The lowest BCUT2D eigenvalue weighted by molar-refractivity contribution is 0.408. The molecule has 0 amide bonds. The average molecular weight is 297 g/mol. The maximum Gasteiger partial charge on any atom is 0.177 e. The molecular weight excluding hydrogens is 280 g/mol. The van der Waals surface area contributed by atoms with Gasteiger partial charge in [0.25, 0.3) is 0 Å². The van der Waals surface area contributed by atoms with Gasteiger partial charge in [-0.05, 0) is 30.3 Å². The molecular formula is C14H17ClN2OS. The Kier molecular flexibility index (Phi) is 4.32. The number of halogens is 1. The normalized spacial score (nSPS) is 11.0. The number of rotatable bonds is 4. The topological polar surface area (TPSA) is 29.9 Å². The summed E-state index contributed by atoms with van der Waals surface area (Å²) in [6.07, 6.45) is 1.95. The smallest absolute Gasteiger partial charge is 0.177 e. The zero-order chi connectivity index (χ0) is 14.0. The highest BCUT2D eigenvalue weighted by Gasteiger charge is 2.13. The Morgan fingerprint density at radius 1 is 1.42 bits per heavy atom. The van der Waals surface area contributed by atoms with Crippen LogP contribution in [0.3, 0.4) is 0 Å². The molecule has 0 aliphatic heterocycles. The van der Waals surface area contributed by atoms with E-state index in [4.69, 9.17) is 28.6 Å². The maximum atomic E-state index is 6.27. The minimum atomic E-state index is 0.390. The lowest BCUT2D eigenvalue weighted by Gasteiger charge is -2.14. The fourth-order valence-corrected chi connectivity index (χ4v) is 2.55. The molecule has 5 heteroatoms. The van der Waals surface area contributed by atoms with Crippen molar-refractivity contribution >= 4 is 23.8 Å². The number of nitrogens with zero attached hydrogens (tertiary/aromatic N) is 1. The Morgan fingerprint density at radius 2 is 2.16 bits per heavy atom. The van der Waals surface area contributed by atoms with Gasteiger partial charge in [0.2, 0.25) is 0 Å². The number of methoxy groups -OCH3 is 1. The molecule has 0 fully saturated rings. The van der Waals surface area contributed by atoms with Crippen LogP contribution in [0.25, 0.3) is 0 Å². The minimum Gasteiger partial charge on any atom is -0.496 e. The average Bonchev–Trinajstić information content (AvgIpc) is 2.73. The molecule has 0 aliphatic carbocycles. The Hall–Kier alpha value is -1.26. The van der Waals surface area contributed by atoms with Crippen molar-refractivity contribution in [3.05, 3.63) is 45.4 Å². The van der Waals surface area contributed by atoms with Gasteiger partial charge in [0, 0.05) is 22.5 Å². The summed E-state index contributed by atoms with van der Waals surface area (Å²) in [6.45, 7) is 4.88. The Morgan fingerprint density at radius 3 is 2.79 bits per heavy atom. The Labute approximate surface area is 123 Å². The van der Waals surface area contributed by atoms with Gasteiger partial charge in [0.1, 0.15) is 5.75 Å². The second-order valence-corrected chi connectivity index (χ2v) is 5.47. The minimum absolute atomic E-state index is 0.390. The molecule has 1 N–H and O–H groups in total. The van der Waals surface area contributed by atoms with Crippen molar-refractivity contribution in [1.82, 2.24) is 9.55 Å². The molecule has 102 valence electrons. The van der Waals surface area contributed by atoms with Crippen molar-refractivity contribution in [3.63, 3.8) is 0 Å². The number of aromatic amines is 1. The molecule has 1 aromatic heterocycles. The number of benzene rings is 1. The van der Waals surface area contributed by atoms with E-state index in [9.17, 15) is 0 Å². The number of hydrogen-bond acceptors (Lipinski definition) is 2. The van der Waals surface area contributed by atoms with Crippen molar-refractivity contribution in [2.24, 2.45) is 0 Å². The van der Waals surface area contributed by atoms with Gasteiger partial charge in [-0.3, -0.25) is 0 Å². The van der Waals surface area contributed by atoms with Crippen LogP contribution in [0.1, 0.15) is 31.0 Å². The van der Waals surface area contributed by atoms with Crippen LogP contribution in [0.4, 0.5) is 0 Å². The Balaban J connectivity index is 2.47. The summed E-state index contributed by atoms with van der Waals surface area (Å²) in [4.78, 5) is 3.09. The van der Waals surface area contributed by atoms with E-state index in [2.05, 4.69) is 23.4 Å². The van der Waals surface area contributed by atoms with Crippen LogP contribution >= 0.6 is 23.8 Å².